The summed E-state index contributed by atoms with van der Waals surface area (Å²) >= 11 is 0. The number of hydrogen-bond donors (Lipinski definition) is 0. The molecule has 0 radical (unpaired) electrons. The van der Waals surface area contributed by atoms with Gasteiger partial charge in [-0.3, -0.25) is 10.1 Å². The number of piperidine rings is 1. The van der Waals surface area contributed by atoms with Gasteiger partial charge in [0.15, 0.2) is 0 Å². The number of anilines is 1. The van der Waals surface area contributed by atoms with Gasteiger partial charge in [-0.25, -0.2) is 9.59 Å². The average molecular weight is 334 g/mol. The van der Waals surface area contributed by atoms with Crippen LogP contribution in [-0.4, -0.2) is 42.7 Å². The minimum absolute atomic E-state index is 0.0576. The summed E-state index contributed by atoms with van der Waals surface area (Å²) in [6.45, 7) is 1.74. The molecule has 8 nitrogen and oxygen atoms in total. The van der Waals surface area contributed by atoms with Crippen molar-refractivity contribution >= 4 is 23.3 Å². The minimum atomic E-state index is -0.932. The Morgan fingerprint density at radius 2 is 2.04 bits per heavy atom. The van der Waals surface area contributed by atoms with Crippen LogP contribution < -0.4 is 4.90 Å². The molecule has 8 heteroatoms. The van der Waals surface area contributed by atoms with Gasteiger partial charge in [-0.05, 0) is 31.4 Å². The van der Waals surface area contributed by atoms with E-state index < -0.39 is 23.0 Å². The van der Waals surface area contributed by atoms with Crippen LogP contribution in [0.3, 0.4) is 0 Å². The number of carbonyl (C=O) groups excluding carboxylic acids is 2. The van der Waals surface area contributed by atoms with Crippen LogP contribution in [0.25, 0.3) is 0 Å². The summed E-state index contributed by atoms with van der Waals surface area (Å²) in [5, 5.41) is 11.4. The second-order valence-electron chi connectivity index (χ2n) is 5.86. The number of hydrogen-bond acceptors (Lipinski definition) is 7. The lowest BCUT2D eigenvalue weighted by Crippen LogP contribution is -2.30. The molecule has 1 aromatic rings. The minimum Gasteiger partial charge on any atom is -0.463 e. The quantitative estimate of drug-likeness (QED) is 0.472. The molecule has 0 N–H and O–H groups in total. The number of nitro benzene ring substituents is 1. The number of rotatable bonds is 4. The van der Waals surface area contributed by atoms with Gasteiger partial charge >= 0.3 is 11.9 Å². The fourth-order valence-electron chi connectivity index (χ4n) is 2.98. The molecule has 1 unspecified atom stereocenters. The van der Waals surface area contributed by atoms with Crippen molar-refractivity contribution in [3.8, 4) is 0 Å². The van der Waals surface area contributed by atoms with Crippen molar-refractivity contribution in [3.05, 3.63) is 33.9 Å². The van der Waals surface area contributed by atoms with Gasteiger partial charge in [0.1, 0.15) is 5.69 Å². The zero-order chi connectivity index (χ0) is 17.1. The second kappa shape index (κ2) is 6.86. The SMILES string of the molecule is O=C(OC1CCOC1=O)c1ccc(N2CCCCC2)c([N+](=O)[O-])c1. The molecular weight excluding hydrogens is 316 g/mol. The Kier molecular flexibility index (Phi) is 4.64. The maximum absolute atomic E-state index is 12.1. The number of nitro groups is 1. The molecule has 2 aliphatic heterocycles. The molecule has 0 bridgehead atoms. The summed E-state index contributed by atoms with van der Waals surface area (Å²) in [4.78, 5) is 36.4. The first kappa shape index (κ1) is 16.2. The van der Waals surface area contributed by atoms with E-state index in [0.29, 0.717) is 12.1 Å². The molecule has 2 saturated heterocycles. The van der Waals surface area contributed by atoms with Crippen LogP contribution in [0.5, 0.6) is 0 Å². The van der Waals surface area contributed by atoms with E-state index in [-0.39, 0.29) is 17.9 Å². The van der Waals surface area contributed by atoms with Crippen molar-refractivity contribution in [2.24, 2.45) is 0 Å². The van der Waals surface area contributed by atoms with Crippen LogP contribution in [-0.2, 0) is 14.3 Å². The first-order valence-corrected chi connectivity index (χ1v) is 7.97. The lowest BCUT2D eigenvalue weighted by molar-refractivity contribution is -0.384. The highest BCUT2D eigenvalue weighted by molar-refractivity contribution is 5.93. The van der Waals surface area contributed by atoms with E-state index in [1.54, 1.807) is 6.07 Å². The number of ether oxygens (including phenoxy) is 2. The zero-order valence-electron chi connectivity index (χ0n) is 13.1. The zero-order valence-corrected chi connectivity index (χ0v) is 13.1. The van der Waals surface area contributed by atoms with Crippen LogP contribution in [0.2, 0.25) is 0 Å². The van der Waals surface area contributed by atoms with E-state index in [0.717, 1.165) is 32.4 Å². The Labute approximate surface area is 138 Å². The van der Waals surface area contributed by atoms with Gasteiger partial charge in [0, 0.05) is 25.6 Å². The molecule has 0 amide bonds. The van der Waals surface area contributed by atoms with Gasteiger partial charge in [-0.15, -0.1) is 0 Å². The summed E-state index contributed by atoms with van der Waals surface area (Å²) < 4.78 is 9.81. The lowest BCUT2D eigenvalue weighted by atomic mass is 10.1. The molecule has 0 aromatic heterocycles. The first-order chi connectivity index (χ1) is 11.6. The van der Waals surface area contributed by atoms with Gasteiger partial charge in [0.2, 0.25) is 6.10 Å². The molecule has 0 saturated carbocycles. The molecule has 0 spiro atoms. The third-order valence-electron chi connectivity index (χ3n) is 4.24. The number of carbonyl (C=O) groups is 2. The Morgan fingerprint density at radius 3 is 2.67 bits per heavy atom. The highest BCUT2D eigenvalue weighted by atomic mass is 16.6. The van der Waals surface area contributed by atoms with Crippen LogP contribution in [0.15, 0.2) is 18.2 Å². The summed E-state index contributed by atoms with van der Waals surface area (Å²) in [6, 6.07) is 4.29. The predicted molar refractivity (Wildman–Crippen MR) is 83.9 cm³/mol. The summed E-state index contributed by atoms with van der Waals surface area (Å²) in [7, 11) is 0. The Bertz CT molecular complexity index is 669. The highest BCUT2D eigenvalue weighted by Crippen LogP contribution is 2.31. The molecule has 3 rings (SSSR count). The van der Waals surface area contributed by atoms with Gasteiger partial charge in [0.25, 0.3) is 5.69 Å². The maximum atomic E-state index is 12.1. The van der Waals surface area contributed by atoms with E-state index in [1.165, 1.54) is 12.1 Å². The standard InChI is InChI=1S/C16H18N2O6/c19-15(24-14-6-9-23-16(14)20)11-4-5-12(13(10-11)18(21)22)17-7-2-1-3-8-17/h4-5,10,14H,1-3,6-9H2. The molecule has 1 aromatic carbocycles. The van der Waals surface area contributed by atoms with E-state index in [2.05, 4.69) is 0 Å². The van der Waals surface area contributed by atoms with Crippen molar-refractivity contribution in [2.45, 2.75) is 31.8 Å². The van der Waals surface area contributed by atoms with Crippen LogP contribution in [0.1, 0.15) is 36.0 Å². The second-order valence-corrected chi connectivity index (χ2v) is 5.86. The molecule has 24 heavy (non-hydrogen) atoms. The average Bonchev–Trinajstić information content (AvgIpc) is 3.00. The number of esters is 2. The molecule has 128 valence electrons. The third-order valence-corrected chi connectivity index (χ3v) is 4.24. The van der Waals surface area contributed by atoms with Crippen molar-refractivity contribution < 1.29 is 24.0 Å². The van der Waals surface area contributed by atoms with Gasteiger partial charge in [-0.2, -0.15) is 0 Å². The van der Waals surface area contributed by atoms with Gasteiger partial charge in [-0.1, -0.05) is 0 Å². The third kappa shape index (κ3) is 3.32. The highest BCUT2D eigenvalue weighted by Gasteiger charge is 2.31. The monoisotopic (exact) mass is 334 g/mol. The van der Waals surface area contributed by atoms with Crippen LogP contribution in [0, 0.1) is 10.1 Å². The lowest BCUT2D eigenvalue weighted by Gasteiger charge is -2.28. The summed E-state index contributed by atoms with van der Waals surface area (Å²) in [5.74, 6) is -1.34. The van der Waals surface area contributed by atoms with Gasteiger partial charge < -0.3 is 14.4 Å². The summed E-state index contributed by atoms with van der Waals surface area (Å²) in [6.07, 6.45) is 2.47. The summed E-state index contributed by atoms with van der Waals surface area (Å²) in [5.41, 5.74) is 0.444. The van der Waals surface area contributed by atoms with E-state index >= 15 is 0 Å². The van der Waals surface area contributed by atoms with Crippen molar-refractivity contribution in [1.29, 1.82) is 0 Å². The van der Waals surface area contributed by atoms with Crippen molar-refractivity contribution in [1.82, 2.24) is 0 Å². The fraction of sp³-hybridized carbons (Fsp3) is 0.500. The molecule has 2 fully saturated rings. The number of benzene rings is 1. The van der Waals surface area contributed by atoms with Gasteiger partial charge in [0.05, 0.1) is 17.1 Å². The van der Waals surface area contributed by atoms with Crippen LogP contribution >= 0.6 is 0 Å². The maximum Gasteiger partial charge on any atom is 0.347 e. The van der Waals surface area contributed by atoms with Crippen molar-refractivity contribution in [3.63, 3.8) is 0 Å². The predicted octanol–water partition coefficient (Wildman–Crippen LogP) is 2.06. The normalized spacial score (nSPS) is 20.6. The Morgan fingerprint density at radius 1 is 1.29 bits per heavy atom. The number of cyclic esters (lactones) is 1. The van der Waals surface area contributed by atoms with E-state index in [9.17, 15) is 19.7 Å². The van der Waals surface area contributed by atoms with Crippen molar-refractivity contribution in [2.75, 3.05) is 24.6 Å². The molecule has 0 aliphatic carbocycles. The largest absolute Gasteiger partial charge is 0.463 e. The smallest absolute Gasteiger partial charge is 0.347 e. The Balaban J connectivity index is 1.81. The molecule has 2 aliphatic rings. The van der Waals surface area contributed by atoms with E-state index in [4.69, 9.17) is 9.47 Å². The first-order valence-electron chi connectivity index (χ1n) is 7.97. The fourth-order valence-corrected chi connectivity index (χ4v) is 2.98. The Hall–Kier alpha value is -2.64. The molecule has 1 atom stereocenters. The molecule has 2 heterocycles. The number of nitrogens with zero attached hydrogens (tertiary/aromatic N) is 2. The molecular formula is C16H18N2O6. The van der Waals surface area contributed by atoms with E-state index in [1.807, 2.05) is 4.90 Å². The topological polar surface area (TPSA) is 99.0 Å². The van der Waals surface area contributed by atoms with Crippen LogP contribution in [0.4, 0.5) is 11.4 Å².